The second-order valence-electron chi connectivity index (χ2n) is 1.06. The van der Waals surface area contributed by atoms with Crippen LogP contribution in [-0.2, 0) is 9.53 Å². The van der Waals surface area contributed by atoms with Crippen molar-refractivity contribution in [2.75, 3.05) is 0 Å². The summed E-state index contributed by atoms with van der Waals surface area (Å²) in [6.45, 7) is 4.84. The highest BCUT2D eigenvalue weighted by atomic mass is 16.5. The highest BCUT2D eigenvalue weighted by molar-refractivity contribution is 5.56. The van der Waals surface area contributed by atoms with Crippen molar-refractivity contribution in [2.45, 2.75) is 13.0 Å². The average molecular weight is 99.1 g/mol. The summed E-state index contributed by atoms with van der Waals surface area (Å²) in [7, 11) is 0. The monoisotopic (exact) mass is 99.0 g/mol. The van der Waals surface area contributed by atoms with Crippen molar-refractivity contribution in [3.63, 3.8) is 0 Å². The molecule has 2 heteroatoms. The molecule has 1 radical (unpaired) electrons. The van der Waals surface area contributed by atoms with Gasteiger partial charge in [0, 0.05) is 0 Å². The third-order valence-electron chi connectivity index (χ3n) is 0.466. The molecule has 1 unspecified atom stereocenters. The van der Waals surface area contributed by atoms with Crippen molar-refractivity contribution >= 4 is 6.29 Å². The summed E-state index contributed by atoms with van der Waals surface area (Å²) in [6, 6.07) is 0. The Morgan fingerprint density at radius 3 is 2.71 bits per heavy atom. The summed E-state index contributed by atoms with van der Waals surface area (Å²) in [5.74, 6) is 0. The molecule has 0 amide bonds. The first-order valence-corrected chi connectivity index (χ1v) is 1.95. The zero-order valence-corrected chi connectivity index (χ0v) is 4.18. The molecule has 0 spiro atoms. The number of rotatable bonds is 3. The van der Waals surface area contributed by atoms with Crippen molar-refractivity contribution in [2.24, 2.45) is 0 Å². The fourth-order valence-corrected chi connectivity index (χ4v) is 0.172. The molecule has 0 rings (SSSR count). The molecule has 0 aromatic carbocycles. The Morgan fingerprint density at radius 2 is 2.57 bits per heavy atom. The van der Waals surface area contributed by atoms with Gasteiger partial charge in [-0.25, -0.2) is 0 Å². The third kappa shape index (κ3) is 3.03. The van der Waals surface area contributed by atoms with Gasteiger partial charge in [-0.3, -0.25) is 4.79 Å². The number of ether oxygens (including phenoxy) is 1. The first kappa shape index (κ1) is 6.21. The summed E-state index contributed by atoms with van der Waals surface area (Å²) in [4.78, 5) is 9.60. The molecule has 0 saturated carbocycles. The van der Waals surface area contributed by atoms with Crippen molar-refractivity contribution in [1.82, 2.24) is 0 Å². The maximum Gasteiger partial charge on any atom is 0.242 e. The van der Waals surface area contributed by atoms with Crippen LogP contribution in [0, 0.1) is 0 Å². The normalized spacial score (nSPS) is 12.1. The van der Waals surface area contributed by atoms with Gasteiger partial charge >= 0.3 is 0 Å². The van der Waals surface area contributed by atoms with Crippen molar-refractivity contribution in [1.29, 1.82) is 0 Å². The minimum atomic E-state index is -0.475. The highest BCUT2D eigenvalue weighted by Crippen LogP contribution is 1.82. The number of hydrogen-bond acceptors (Lipinski definition) is 2. The summed E-state index contributed by atoms with van der Waals surface area (Å²) >= 11 is 0. The lowest BCUT2D eigenvalue weighted by Gasteiger charge is -1.97. The summed E-state index contributed by atoms with van der Waals surface area (Å²) in [5.41, 5.74) is 0. The van der Waals surface area contributed by atoms with Crippen LogP contribution in [0.2, 0.25) is 0 Å². The van der Waals surface area contributed by atoms with Gasteiger partial charge in [-0.1, -0.05) is 6.58 Å². The molecular weight excluding hydrogens is 92.1 g/mol. The van der Waals surface area contributed by atoms with E-state index in [0.717, 1.165) is 0 Å². The van der Waals surface area contributed by atoms with Crippen LogP contribution in [0.3, 0.4) is 0 Å². The Morgan fingerprint density at radius 1 is 2.00 bits per heavy atom. The van der Waals surface area contributed by atoms with Gasteiger partial charge in [0.1, 0.15) is 0 Å². The lowest BCUT2D eigenvalue weighted by atomic mass is 10.5. The second kappa shape index (κ2) is 3.40. The Kier molecular flexibility index (Phi) is 3.02. The van der Waals surface area contributed by atoms with E-state index >= 15 is 0 Å². The first-order valence-electron chi connectivity index (χ1n) is 1.95. The summed E-state index contributed by atoms with van der Waals surface area (Å²) in [5, 5.41) is 0. The molecule has 7 heavy (non-hydrogen) atoms. The minimum Gasteiger partial charge on any atom is -0.491 e. The van der Waals surface area contributed by atoms with E-state index in [-0.39, 0.29) is 0 Å². The van der Waals surface area contributed by atoms with Crippen LogP contribution < -0.4 is 0 Å². The lowest BCUT2D eigenvalue weighted by Crippen LogP contribution is -2.03. The maximum atomic E-state index is 9.60. The number of hydrogen-bond donors (Lipinski definition) is 0. The van der Waals surface area contributed by atoms with E-state index in [1.54, 1.807) is 13.2 Å². The highest BCUT2D eigenvalue weighted by Gasteiger charge is 1.93. The van der Waals surface area contributed by atoms with Crippen LogP contribution >= 0.6 is 0 Å². The molecule has 0 N–H and O–H groups in total. The average Bonchev–Trinajstić information content (AvgIpc) is 1.68. The van der Waals surface area contributed by atoms with E-state index in [9.17, 15) is 4.79 Å². The van der Waals surface area contributed by atoms with Crippen molar-refractivity contribution in [3.05, 3.63) is 12.8 Å². The molecule has 0 bridgehead atoms. The van der Waals surface area contributed by atoms with Gasteiger partial charge in [0.05, 0.1) is 6.26 Å². The van der Waals surface area contributed by atoms with E-state index in [4.69, 9.17) is 0 Å². The molecule has 0 aromatic heterocycles. The van der Waals surface area contributed by atoms with Crippen LogP contribution in [0.25, 0.3) is 0 Å². The molecule has 0 aromatic rings. The van der Waals surface area contributed by atoms with Crippen molar-refractivity contribution < 1.29 is 9.53 Å². The molecule has 39 valence electrons. The van der Waals surface area contributed by atoms with Crippen LogP contribution in [0.1, 0.15) is 6.92 Å². The molecule has 2 nitrogen and oxygen atoms in total. The summed E-state index contributed by atoms with van der Waals surface area (Å²) in [6.07, 6.45) is 2.37. The van der Waals surface area contributed by atoms with Gasteiger partial charge in [-0.05, 0) is 6.92 Å². The van der Waals surface area contributed by atoms with E-state index in [0.29, 0.717) is 0 Å². The molecule has 0 saturated heterocycles. The second-order valence-corrected chi connectivity index (χ2v) is 1.06. The lowest BCUT2D eigenvalue weighted by molar-refractivity contribution is 0.216. The van der Waals surface area contributed by atoms with Crippen LogP contribution in [-0.4, -0.2) is 12.4 Å². The fourth-order valence-electron chi connectivity index (χ4n) is 0.172. The van der Waals surface area contributed by atoms with E-state index in [2.05, 4.69) is 11.3 Å². The molecule has 0 fully saturated rings. The summed E-state index contributed by atoms with van der Waals surface area (Å²) < 4.78 is 4.53. The Hall–Kier alpha value is -0.790. The Bertz CT molecular complexity index is 68.5. The predicted molar refractivity (Wildman–Crippen MR) is 26.4 cm³/mol. The van der Waals surface area contributed by atoms with Gasteiger partial charge in [0.2, 0.25) is 6.29 Å². The quantitative estimate of drug-likeness (QED) is 0.485. The standard InChI is InChI=1S/C5H7O2/c1-3-7-5(2)4-6/h3,5H,1H2,2H3. The van der Waals surface area contributed by atoms with Gasteiger partial charge in [0.25, 0.3) is 0 Å². The smallest absolute Gasteiger partial charge is 0.242 e. The first-order chi connectivity index (χ1) is 3.31. The zero-order chi connectivity index (χ0) is 5.70. The van der Waals surface area contributed by atoms with Gasteiger partial charge in [0.15, 0.2) is 6.10 Å². The molecule has 0 aliphatic carbocycles. The van der Waals surface area contributed by atoms with Gasteiger partial charge in [-0.15, -0.1) is 0 Å². The Labute approximate surface area is 42.8 Å². The third-order valence-corrected chi connectivity index (χ3v) is 0.466. The maximum absolute atomic E-state index is 9.60. The zero-order valence-electron chi connectivity index (χ0n) is 4.18. The minimum absolute atomic E-state index is 0.475. The predicted octanol–water partition coefficient (Wildman–Crippen LogP) is 0.645. The van der Waals surface area contributed by atoms with E-state index in [1.807, 2.05) is 0 Å². The molecule has 0 aliphatic rings. The van der Waals surface area contributed by atoms with Crippen molar-refractivity contribution in [3.8, 4) is 0 Å². The SMILES string of the molecule is C=COC(C)[C]=O. The van der Waals surface area contributed by atoms with Gasteiger partial charge < -0.3 is 4.74 Å². The molecule has 1 atom stereocenters. The van der Waals surface area contributed by atoms with Crippen LogP contribution in [0.15, 0.2) is 12.8 Å². The molecular formula is C5H7O2. The fraction of sp³-hybridized carbons (Fsp3) is 0.400. The van der Waals surface area contributed by atoms with E-state index < -0.39 is 6.10 Å². The molecule has 0 aliphatic heterocycles. The van der Waals surface area contributed by atoms with Gasteiger partial charge in [-0.2, -0.15) is 0 Å². The topological polar surface area (TPSA) is 26.3 Å². The van der Waals surface area contributed by atoms with Crippen LogP contribution in [0.4, 0.5) is 0 Å². The Balaban J connectivity index is 3.15. The largest absolute Gasteiger partial charge is 0.491 e. The van der Waals surface area contributed by atoms with Crippen LogP contribution in [0.5, 0.6) is 0 Å². The molecule has 0 heterocycles. The van der Waals surface area contributed by atoms with E-state index in [1.165, 1.54) is 6.26 Å². The number of carbonyl (C=O) groups excluding carboxylic acids is 1.